The van der Waals surface area contributed by atoms with Gasteiger partial charge in [-0.3, -0.25) is 0 Å². The minimum Gasteiger partial charge on any atom is -0.409 e. The van der Waals surface area contributed by atoms with E-state index in [1.807, 2.05) is 6.08 Å². The molecule has 0 amide bonds. The molecule has 0 aromatic heterocycles. The molecule has 1 saturated carbocycles. The van der Waals surface area contributed by atoms with Gasteiger partial charge in [0.25, 0.3) is 0 Å². The van der Waals surface area contributed by atoms with Crippen molar-refractivity contribution in [3.05, 3.63) is 48.6 Å². The molecule has 1 aliphatic carbocycles. The second kappa shape index (κ2) is 4.43. The second-order valence-electron chi connectivity index (χ2n) is 6.00. The zero-order valence-electron chi connectivity index (χ0n) is 11.1. The molecular weight excluding hydrogens is 224 g/mol. The van der Waals surface area contributed by atoms with Crippen molar-refractivity contribution < 1.29 is 4.43 Å². The average Bonchev–Trinajstić information content (AvgIpc) is 2.23. The Bertz CT molecular complexity index is 385. The van der Waals surface area contributed by atoms with Gasteiger partial charge in [-0.1, -0.05) is 36.4 Å². The van der Waals surface area contributed by atoms with E-state index >= 15 is 0 Å². The van der Waals surface area contributed by atoms with Gasteiger partial charge in [-0.15, -0.1) is 6.58 Å². The van der Waals surface area contributed by atoms with Crippen LogP contribution < -0.4 is 0 Å². The van der Waals surface area contributed by atoms with Gasteiger partial charge in [0.05, 0.1) is 5.60 Å². The molecule has 1 nitrogen and oxygen atoms in total. The van der Waals surface area contributed by atoms with Crippen LogP contribution in [0.15, 0.2) is 43.0 Å². The summed E-state index contributed by atoms with van der Waals surface area (Å²) >= 11 is 0. The largest absolute Gasteiger partial charge is 0.409 e. The highest BCUT2D eigenvalue weighted by molar-refractivity contribution is 6.69. The fourth-order valence-corrected chi connectivity index (χ4v) is 4.11. The topological polar surface area (TPSA) is 9.23 Å². The van der Waals surface area contributed by atoms with E-state index in [0.29, 0.717) is 5.92 Å². The third-order valence-electron chi connectivity index (χ3n) is 3.34. The van der Waals surface area contributed by atoms with Crippen LogP contribution in [-0.4, -0.2) is 13.9 Å². The van der Waals surface area contributed by atoms with Gasteiger partial charge in [-0.25, -0.2) is 0 Å². The van der Waals surface area contributed by atoms with E-state index in [4.69, 9.17) is 4.43 Å². The summed E-state index contributed by atoms with van der Waals surface area (Å²) in [5.41, 5.74) is 1.38. The van der Waals surface area contributed by atoms with Crippen molar-refractivity contribution >= 4 is 8.32 Å². The minimum atomic E-state index is -1.49. The summed E-state index contributed by atoms with van der Waals surface area (Å²) in [5, 5.41) is 0. The SMILES string of the molecule is C=CC1(O[Si](C)(C)C)CC(c2ccccc2)C1. The molecule has 0 N–H and O–H groups in total. The maximum absolute atomic E-state index is 6.28. The zero-order chi connectivity index (χ0) is 12.5. The third kappa shape index (κ3) is 2.88. The molecule has 0 spiro atoms. The molecule has 0 saturated heterocycles. The summed E-state index contributed by atoms with van der Waals surface area (Å²) < 4.78 is 6.28. The van der Waals surface area contributed by atoms with Crippen molar-refractivity contribution in [1.29, 1.82) is 0 Å². The number of benzene rings is 1. The fourth-order valence-electron chi connectivity index (χ4n) is 2.64. The van der Waals surface area contributed by atoms with E-state index in [1.165, 1.54) is 5.56 Å². The Labute approximate surface area is 106 Å². The Hall–Kier alpha value is -0.863. The molecule has 2 heteroatoms. The molecule has 1 aliphatic rings. The van der Waals surface area contributed by atoms with Crippen molar-refractivity contribution in [1.82, 2.24) is 0 Å². The maximum atomic E-state index is 6.28. The normalized spacial score (nSPS) is 28.5. The molecular formula is C15H22OSi. The lowest BCUT2D eigenvalue weighted by Crippen LogP contribution is -2.49. The Morgan fingerprint density at radius 3 is 2.29 bits per heavy atom. The van der Waals surface area contributed by atoms with Crippen LogP contribution in [0.2, 0.25) is 19.6 Å². The smallest absolute Gasteiger partial charge is 0.184 e. The zero-order valence-corrected chi connectivity index (χ0v) is 12.1. The van der Waals surface area contributed by atoms with Crippen LogP contribution in [0.4, 0.5) is 0 Å². The standard InChI is InChI=1S/C15H22OSi/c1-5-15(16-17(2,3)4)11-14(12-15)13-9-7-6-8-10-13/h5-10,14H,1,11-12H2,2-4H3. The first-order chi connectivity index (χ1) is 7.94. The number of rotatable bonds is 4. The quantitative estimate of drug-likeness (QED) is 0.567. The number of hydrogen-bond acceptors (Lipinski definition) is 1. The third-order valence-corrected chi connectivity index (χ3v) is 4.36. The molecule has 0 bridgehead atoms. The maximum Gasteiger partial charge on any atom is 0.184 e. The molecule has 0 radical (unpaired) electrons. The highest BCUT2D eigenvalue weighted by Gasteiger charge is 2.45. The van der Waals surface area contributed by atoms with Gasteiger partial charge < -0.3 is 4.43 Å². The Balaban J connectivity index is 2.02. The molecule has 1 fully saturated rings. The second-order valence-corrected chi connectivity index (χ2v) is 10.4. The van der Waals surface area contributed by atoms with Gasteiger partial charge in [-0.2, -0.15) is 0 Å². The van der Waals surface area contributed by atoms with Crippen molar-refractivity contribution in [2.45, 2.75) is 44.0 Å². The van der Waals surface area contributed by atoms with Crippen LogP contribution in [0.25, 0.3) is 0 Å². The molecule has 0 atom stereocenters. The van der Waals surface area contributed by atoms with Crippen LogP contribution >= 0.6 is 0 Å². The van der Waals surface area contributed by atoms with Crippen LogP contribution in [-0.2, 0) is 4.43 Å². The first-order valence-electron chi connectivity index (χ1n) is 6.33. The highest BCUT2D eigenvalue weighted by Crippen LogP contribution is 2.48. The Morgan fingerprint density at radius 1 is 1.24 bits per heavy atom. The van der Waals surface area contributed by atoms with Crippen LogP contribution in [0.3, 0.4) is 0 Å². The summed E-state index contributed by atoms with van der Waals surface area (Å²) in [5.74, 6) is 0.644. The summed E-state index contributed by atoms with van der Waals surface area (Å²) in [6.45, 7) is 10.7. The first-order valence-corrected chi connectivity index (χ1v) is 9.74. The molecule has 17 heavy (non-hydrogen) atoms. The predicted molar refractivity (Wildman–Crippen MR) is 75.8 cm³/mol. The lowest BCUT2D eigenvalue weighted by Gasteiger charge is -2.49. The molecule has 2 rings (SSSR count). The highest BCUT2D eigenvalue weighted by atomic mass is 28.4. The number of hydrogen-bond donors (Lipinski definition) is 0. The predicted octanol–water partition coefficient (Wildman–Crippen LogP) is 4.34. The van der Waals surface area contributed by atoms with Gasteiger partial charge >= 0.3 is 0 Å². The van der Waals surface area contributed by atoms with Crippen LogP contribution in [0, 0.1) is 0 Å². The fraction of sp³-hybridized carbons (Fsp3) is 0.467. The van der Waals surface area contributed by atoms with E-state index < -0.39 is 8.32 Å². The summed E-state index contributed by atoms with van der Waals surface area (Å²) in [4.78, 5) is 0. The van der Waals surface area contributed by atoms with E-state index in [-0.39, 0.29) is 5.60 Å². The summed E-state index contributed by atoms with van der Waals surface area (Å²) in [7, 11) is -1.49. The van der Waals surface area contributed by atoms with Crippen molar-refractivity contribution in [3.63, 3.8) is 0 Å². The lowest BCUT2D eigenvalue weighted by atomic mass is 9.68. The summed E-state index contributed by atoms with van der Waals surface area (Å²) in [6, 6.07) is 10.7. The first kappa shape index (κ1) is 12.6. The van der Waals surface area contributed by atoms with Gasteiger partial charge in [0.1, 0.15) is 0 Å². The molecule has 1 aromatic carbocycles. The van der Waals surface area contributed by atoms with Gasteiger partial charge in [0, 0.05) is 0 Å². The minimum absolute atomic E-state index is 0.0506. The Morgan fingerprint density at radius 2 is 1.82 bits per heavy atom. The van der Waals surface area contributed by atoms with E-state index in [9.17, 15) is 0 Å². The van der Waals surface area contributed by atoms with Crippen LogP contribution in [0.1, 0.15) is 24.3 Å². The van der Waals surface area contributed by atoms with Crippen molar-refractivity contribution in [2.75, 3.05) is 0 Å². The molecule has 0 unspecified atom stereocenters. The van der Waals surface area contributed by atoms with Gasteiger partial charge in [-0.05, 0) is 44.0 Å². The molecule has 0 aliphatic heterocycles. The summed E-state index contributed by atoms with van der Waals surface area (Å²) in [6.07, 6.45) is 4.19. The molecule has 0 heterocycles. The van der Waals surface area contributed by atoms with E-state index in [2.05, 4.69) is 56.6 Å². The molecule has 1 aromatic rings. The van der Waals surface area contributed by atoms with Crippen LogP contribution in [0.5, 0.6) is 0 Å². The lowest BCUT2D eigenvalue weighted by molar-refractivity contribution is 0.0146. The average molecular weight is 246 g/mol. The van der Waals surface area contributed by atoms with Crippen molar-refractivity contribution in [2.24, 2.45) is 0 Å². The van der Waals surface area contributed by atoms with Gasteiger partial charge in [0.2, 0.25) is 0 Å². The van der Waals surface area contributed by atoms with Gasteiger partial charge in [0.15, 0.2) is 8.32 Å². The van der Waals surface area contributed by atoms with Crippen molar-refractivity contribution in [3.8, 4) is 0 Å². The van der Waals surface area contributed by atoms with E-state index in [0.717, 1.165) is 12.8 Å². The monoisotopic (exact) mass is 246 g/mol. The Kier molecular flexibility index (Phi) is 3.28. The molecule has 92 valence electrons. The van der Waals surface area contributed by atoms with E-state index in [1.54, 1.807) is 0 Å².